The van der Waals surface area contributed by atoms with Crippen molar-refractivity contribution in [2.24, 2.45) is 0 Å². The zero-order chi connectivity index (χ0) is 19.8. The van der Waals surface area contributed by atoms with E-state index in [1.54, 1.807) is 26.4 Å². The third kappa shape index (κ3) is 4.76. The number of methoxy groups -OCH3 is 2. The monoisotopic (exact) mass is 378 g/mol. The minimum Gasteiger partial charge on any atom is -0.496 e. The number of benzene rings is 2. The van der Waals surface area contributed by atoms with Crippen LogP contribution < -0.4 is 20.1 Å². The van der Waals surface area contributed by atoms with Gasteiger partial charge < -0.3 is 20.1 Å². The lowest BCUT2D eigenvalue weighted by molar-refractivity contribution is 0.102. The average molecular weight is 378 g/mol. The molecule has 7 heteroatoms. The molecule has 0 saturated carbocycles. The first kappa shape index (κ1) is 19.2. The zero-order valence-electron chi connectivity index (χ0n) is 15.8. The van der Waals surface area contributed by atoms with E-state index in [4.69, 9.17) is 9.47 Å². The van der Waals surface area contributed by atoms with Gasteiger partial charge in [-0.2, -0.15) is 0 Å². The molecule has 3 rings (SSSR count). The summed E-state index contributed by atoms with van der Waals surface area (Å²) in [5.41, 5.74) is 2.06. The van der Waals surface area contributed by atoms with Crippen LogP contribution in [0.4, 0.5) is 11.6 Å². The first-order valence-corrected chi connectivity index (χ1v) is 8.83. The number of amides is 1. The van der Waals surface area contributed by atoms with E-state index in [-0.39, 0.29) is 5.91 Å². The highest BCUT2D eigenvalue weighted by atomic mass is 16.5. The number of hydrogen-bond donors (Lipinski definition) is 2. The van der Waals surface area contributed by atoms with Crippen LogP contribution in [-0.2, 0) is 6.42 Å². The van der Waals surface area contributed by atoms with E-state index in [1.807, 2.05) is 36.4 Å². The normalized spacial score (nSPS) is 10.2. The van der Waals surface area contributed by atoms with Gasteiger partial charge in [0, 0.05) is 18.9 Å². The number of ether oxygens (including phenoxy) is 2. The molecule has 7 nitrogen and oxygen atoms in total. The number of carbonyl (C=O) groups excluding carboxylic acids is 1. The second-order valence-electron chi connectivity index (χ2n) is 5.94. The molecular weight excluding hydrogens is 356 g/mol. The molecule has 0 saturated heterocycles. The van der Waals surface area contributed by atoms with Crippen molar-refractivity contribution in [3.63, 3.8) is 0 Å². The molecule has 3 aromatic rings. The molecule has 0 bridgehead atoms. The lowest BCUT2D eigenvalue weighted by atomic mass is 10.1. The maximum absolute atomic E-state index is 12.4. The molecule has 0 unspecified atom stereocenters. The van der Waals surface area contributed by atoms with Crippen LogP contribution in [0.1, 0.15) is 15.9 Å². The van der Waals surface area contributed by atoms with Crippen LogP contribution in [0.25, 0.3) is 0 Å². The lowest BCUT2D eigenvalue weighted by Gasteiger charge is -2.10. The average Bonchev–Trinajstić information content (AvgIpc) is 2.75. The summed E-state index contributed by atoms with van der Waals surface area (Å²) < 4.78 is 10.6. The number of hydrogen-bond acceptors (Lipinski definition) is 6. The number of para-hydroxylation sites is 3. The Morgan fingerprint density at radius 2 is 1.57 bits per heavy atom. The molecule has 1 heterocycles. The molecule has 0 fully saturated rings. The molecule has 2 N–H and O–H groups in total. The molecule has 2 aromatic carbocycles. The van der Waals surface area contributed by atoms with Gasteiger partial charge in [0.2, 0.25) is 5.95 Å². The highest BCUT2D eigenvalue weighted by molar-refractivity contribution is 6.04. The molecule has 0 aliphatic heterocycles. The molecule has 28 heavy (non-hydrogen) atoms. The summed E-state index contributed by atoms with van der Waals surface area (Å²) in [6.45, 7) is 0.646. The Bertz CT molecular complexity index is 929. The van der Waals surface area contributed by atoms with Crippen molar-refractivity contribution in [1.82, 2.24) is 9.97 Å². The van der Waals surface area contributed by atoms with Gasteiger partial charge in [0.1, 0.15) is 11.5 Å². The van der Waals surface area contributed by atoms with Gasteiger partial charge in [-0.3, -0.25) is 4.79 Å². The predicted octanol–water partition coefficient (Wildman–Crippen LogP) is 3.40. The summed E-state index contributed by atoms with van der Waals surface area (Å²) in [7, 11) is 3.21. The largest absolute Gasteiger partial charge is 0.496 e. The molecule has 0 atom stereocenters. The molecule has 0 aliphatic carbocycles. The van der Waals surface area contributed by atoms with Crippen LogP contribution in [0.15, 0.2) is 60.9 Å². The van der Waals surface area contributed by atoms with E-state index in [2.05, 4.69) is 20.6 Å². The second-order valence-corrected chi connectivity index (χ2v) is 5.94. The van der Waals surface area contributed by atoms with E-state index in [9.17, 15) is 4.79 Å². The molecule has 0 spiro atoms. The molecular formula is C21H22N4O3. The highest BCUT2D eigenvalue weighted by Crippen LogP contribution is 2.23. The minimum absolute atomic E-state index is 0.301. The van der Waals surface area contributed by atoms with E-state index in [0.717, 1.165) is 17.7 Å². The number of nitrogens with zero attached hydrogens (tertiary/aromatic N) is 2. The Kier molecular flexibility index (Phi) is 6.41. The van der Waals surface area contributed by atoms with Gasteiger partial charge in [0.15, 0.2) is 0 Å². The van der Waals surface area contributed by atoms with Gasteiger partial charge in [-0.1, -0.05) is 30.3 Å². The summed E-state index contributed by atoms with van der Waals surface area (Å²) in [6, 6.07) is 15.1. The van der Waals surface area contributed by atoms with Gasteiger partial charge in [0.05, 0.1) is 25.5 Å². The van der Waals surface area contributed by atoms with E-state index in [1.165, 1.54) is 12.4 Å². The van der Waals surface area contributed by atoms with Crippen molar-refractivity contribution < 1.29 is 14.3 Å². The minimum atomic E-state index is -0.301. The van der Waals surface area contributed by atoms with E-state index in [0.29, 0.717) is 29.5 Å². The summed E-state index contributed by atoms with van der Waals surface area (Å²) in [6.07, 6.45) is 3.75. The summed E-state index contributed by atoms with van der Waals surface area (Å²) in [5.74, 6) is 1.61. The quantitative estimate of drug-likeness (QED) is 0.625. The Morgan fingerprint density at radius 1 is 0.929 bits per heavy atom. The summed E-state index contributed by atoms with van der Waals surface area (Å²) in [4.78, 5) is 20.8. The highest BCUT2D eigenvalue weighted by Gasteiger charge is 2.10. The van der Waals surface area contributed by atoms with Gasteiger partial charge in [-0.15, -0.1) is 0 Å². The number of carbonyl (C=O) groups is 1. The van der Waals surface area contributed by atoms with Crippen molar-refractivity contribution in [3.8, 4) is 11.5 Å². The smallest absolute Gasteiger partial charge is 0.258 e. The Labute approximate surface area is 163 Å². The Hall–Kier alpha value is -3.61. The van der Waals surface area contributed by atoms with E-state index < -0.39 is 0 Å². The van der Waals surface area contributed by atoms with Crippen molar-refractivity contribution in [3.05, 3.63) is 72.1 Å². The summed E-state index contributed by atoms with van der Waals surface area (Å²) >= 11 is 0. The van der Waals surface area contributed by atoms with Gasteiger partial charge in [-0.05, 0) is 30.2 Å². The topological polar surface area (TPSA) is 85.4 Å². The van der Waals surface area contributed by atoms with Crippen LogP contribution in [-0.4, -0.2) is 36.6 Å². The van der Waals surface area contributed by atoms with Crippen LogP contribution >= 0.6 is 0 Å². The van der Waals surface area contributed by atoms with Gasteiger partial charge in [-0.25, -0.2) is 9.97 Å². The van der Waals surface area contributed by atoms with Crippen molar-refractivity contribution >= 4 is 17.5 Å². The fourth-order valence-corrected chi connectivity index (χ4v) is 2.70. The maximum atomic E-state index is 12.4. The molecule has 1 amide bonds. The molecule has 1 aromatic heterocycles. The predicted molar refractivity (Wildman–Crippen MR) is 108 cm³/mol. The van der Waals surface area contributed by atoms with Crippen molar-refractivity contribution in [2.45, 2.75) is 6.42 Å². The fraction of sp³-hybridized carbons (Fsp3) is 0.190. The molecule has 0 aliphatic rings. The molecule has 0 radical (unpaired) electrons. The van der Waals surface area contributed by atoms with Crippen LogP contribution in [0, 0.1) is 0 Å². The van der Waals surface area contributed by atoms with Crippen LogP contribution in [0.3, 0.4) is 0 Å². The molecule has 144 valence electrons. The standard InChI is InChI=1S/C21H22N4O3/c1-27-18-9-5-3-7-15(18)11-12-22-21-23-13-16(14-24-21)20(26)25-17-8-4-6-10-19(17)28-2/h3-10,13-14H,11-12H2,1-2H3,(H,25,26)(H,22,23,24). The number of rotatable bonds is 8. The third-order valence-corrected chi connectivity index (χ3v) is 4.14. The second kappa shape index (κ2) is 9.36. The maximum Gasteiger partial charge on any atom is 0.258 e. The Morgan fingerprint density at radius 3 is 2.29 bits per heavy atom. The lowest BCUT2D eigenvalue weighted by Crippen LogP contribution is -2.14. The SMILES string of the molecule is COc1ccccc1CCNc1ncc(C(=O)Nc2ccccc2OC)cn1. The van der Waals surface area contributed by atoms with Crippen molar-refractivity contribution in [2.75, 3.05) is 31.4 Å². The van der Waals surface area contributed by atoms with Crippen LogP contribution in [0.5, 0.6) is 11.5 Å². The fourth-order valence-electron chi connectivity index (χ4n) is 2.70. The van der Waals surface area contributed by atoms with E-state index >= 15 is 0 Å². The zero-order valence-corrected chi connectivity index (χ0v) is 15.8. The number of aromatic nitrogens is 2. The summed E-state index contributed by atoms with van der Waals surface area (Å²) in [5, 5.41) is 5.95. The van der Waals surface area contributed by atoms with Gasteiger partial charge >= 0.3 is 0 Å². The third-order valence-electron chi connectivity index (χ3n) is 4.14. The van der Waals surface area contributed by atoms with Gasteiger partial charge in [0.25, 0.3) is 5.91 Å². The van der Waals surface area contributed by atoms with Crippen molar-refractivity contribution in [1.29, 1.82) is 0 Å². The Balaban J connectivity index is 1.56. The number of nitrogens with one attached hydrogen (secondary N) is 2. The first-order valence-electron chi connectivity index (χ1n) is 8.83. The van der Waals surface area contributed by atoms with Crippen LogP contribution in [0.2, 0.25) is 0 Å². The number of anilines is 2. The first-order chi connectivity index (χ1) is 13.7.